The molecule has 3 N–H and O–H groups in total. The summed E-state index contributed by atoms with van der Waals surface area (Å²) in [5.41, 5.74) is 6.49. The van der Waals surface area contributed by atoms with E-state index >= 15 is 0 Å². The normalized spacial score (nSPS) is 12.7. The Balaban J connectivity index is 2.64. The van der Waals surface area contributed by atoms with Crippen molar-refractivity contribution in [1.82, 2.24) is 9.88 Å². The second kappa shape index (κ2) is 8.72. The molecule has 1 heterocycles. The van der Waals surface area contributed by atoms with Gasteiger partial charge in [-0.3, -0.25) is 0 Å². The number of nitrogen functional groups attached to an aromatic ring is 1. The van der Waals surface area contributed by atoms with Crippen LogP contribution < -0.4 is 15.8 Å². The van der Waals surface area contributed by atoms with Crippen molar-refractivity contribution < 1.29 is 4.74 Å². The zero-order valence-corrected chi connectivity index (χ0v) is 14.0. The molecule has 0 aliphatic rings. The SMILES string of the molecule is CCN(CC)CC(C)Nc1ccc(N)c(OCC(C)C)n1. The van der Waals surface area contributed by atoms with Crippen molar-refractivity contribution in [3.05, 3.63) is 12.1 Å². The molecule has 0 amide bonds. The summed E-state index contributed by atoms with van der Waals surface area (Å²) in [5, 5.41) is 3.41. The van der Waals surface area contributed by atoms with Gasteiger partial charge in [0.1, 0.15) is 5.82 Å². The fourth-order valence-electron chi connectivity index (χ4n) is 2.06. The van der Waals surface area contributed by atoms with E-state index in [0.717, 1.165) is 25.5 Å². The van der Waals surface area contributed by atoms with Crippen molar-refractivity contribution in [3.63, 3.8) is 0 Å². The molecular formula is C16H30N4O. The molecule has 1 atom stereocenters. The second-order valence-electron chi connectivity index (χ2n) is 5.83. The van der Waals surface area contributed by atoms with Crippen LogP contribution in [-0.4, -0.2) is 42.2 Å². The highest BCUT2D eigenvalue weighted by atomic mass is 16.5. The molecule has 0 bridgehead atoms. The Hall–Kier alpha value is -1.49. The number of hydrogen-bond acceptors (Lipinski definition) is 5. The molecule has 0 aliphatic heterocycles. The second-order valence-corrected chi connectivity index (χ2v) is 5.83. The van der Waals surface area contributed by atoms with Crippen LogP contribution in [0.4, 0.5) is 11.5 Å². The molecule has 1 unspecified atom stereocenters. The number of anilines is 2. The summed E-state index contributed by atoms with van der Waals surface area (Å²) in [6, 6.07) is 4.06. The summed E-state index contributed by atoms with van der Waals surface area (Å²) in [4.78, 5) is 6.85. The molecule has 1 aromatic heterocycles. The van der Waals surface area contributed by atoms with Crippen LogP contribution in [0, 0.1) is 5.92 Å². The Morgan fingerprint density at radius 1 is 1.24 bits per heavy atom. The van der Waals surface area contributed by atoms with Crippen molar-refractivity contribution in [2.75, 3.05) is 37.3 Å². The minimum atomic E-state index is 0.318. The van der Waals surface area contributed by atoms with Gasteiger partial charge in [-0.25, -0.2) is 0 Å². The lowest BCUT2D eigenvalue weighted by Crippen LogP contribution is -2.34. The van der Waals surface area contributed by atoms with E-state index in [4.69, 9.17) is 10.5 Å². The summed E-state index contributed by atoms with van der Waals surface area (Å²) >= 11 is 0. The largest absolute Gasteiger partial charge is 0.476 e. The number of nitrogens with zero attached hydrogens (tertiary/aromatic N) is 2. The van der Waals surface area contributed by atoms with Gasteiger partial charge < -0.3 is 20.7 Å². The van der Waals surface area contributed by atoms with Crippen molar-refractivity contribution in [2.24, 2.45) is 5.92 Å². The average molecular weight is 294 g/mol. The molecule has 0 aliphatic carbocycles. The molecule has 5 nitrogen and oxygen atoms in total. The molecule has 0 spiro atoms. The van der Waals surface area contributed by atoms with Gasteiger partial charge in [0, 0.05) is 12.6 Å². The fourth-order valence-corrected chi connectivity index (χ4v) is 2.06. The first-order valence-electron chi connectivity index (χ1n) is 7.84. The maximum atomic E-state index is 5.91. The smallest absolute Gasteiger partial charge is 0.239 e. The molecule has 0 radical (unpaired) electrons. The molecule has 1 rings (SSSR count). The Morgan fingerprint density at radius 3 is 2.48 bits per heavy atom. The maximum Gasteiger partial charge on any atom is 0.239 e. The summed E-state index contributed by atoms with van der Waals surface area (Å²) < 4.78 is 5.66. The van der Waals surface area contributed by atoms with Gasteiger partial charge in [-0.1, -0.05) is 27.7 Å². The third-order valence-corrected chi connectivity index (χ3v) is 3.26. The average Bonchev–Trinajstić information content (AvgIpc) is 2.45. The molecule has 21 heavy (non-hydrogen) atoms. The molecule has 0 fully saturated rings. The van der Waals surface area contributed by atoms with Gasteiger partial charge in [0.15, 0.2) is 0 Å². The van der Waals surface area contributed by atoms with E-state index in [0.29, 0.717) is 30.1 Å². The van der Waals surface area contributed by atoms with Crippen LogP contribution in [0.2, 0.25) is 0 Å². The van der Waals surface area contributed by atoms with E-state index in [-0.39, 0.29) is 0 Å². The summed E-state index contributed by atoms with van der Waals surface area (Å²) in [6.45, 7) is 14.4. The predicted octanol–water partition coefficient (Wildman–Crippen LogP) is 2.84. The van der Waals surface area contributed by atoms with E-state index in [1.165, 1.54) is 0 Å². The molecule has 0 saturated carbocycles. The van der Waals surface area contributed by atoms with Crippen LogP contribution in [0.15, 0.2) is 12.1 Å². The Morgan fingerprint density at radius 2 is 1.90 bits per heavy atom. The molecule has 5 heteroatoms. The van der Waals surface area contributed by atoms with Gasteiger partial charge in [-0.05, 0) is 38.1 Å². The van der Waals surface area contributed by atoms with Gasteiger partial charge in [-0.2, -0.15) is 4.98 Å². The maximum absolute atomic E-state index is 5.91. The van der Waals surface area contributed by atoms with Crippen LogP contribution in [0.3, 0.4) is 0 Å². The van der Waals surface area contributed by atoms with Gasteiger partial charge in [0.2, 0.25) is 5.88 Å². The van der Waals surface area contributed by atoms with Crippen molar-refractivity contribution >= 4 is 11.5 Å². The van der Waals surface area contributed by atoms with Crippen LogP contribution in [0.1, 0.15) is 34.6 Å². The first-order valence-corrected chi connectivity index (χ1v) is 7.84. The third kappa shape index (κ3) is 6.21. The van der Waals surface area contributed by atoms with E-state index in [9.17, 15) is 0 Å². The lowest BCUT2D eigenvalue weighted by molar-refractivity contribution is 0.263. The minimum absolute atomic E-state index is 0.318. The number of aromatic nitrogens is 1. The Kier molecular flexibility index (Phi) is 7.29. The van der Waals surface area contributed by atoms with E-state index in [1.807, 2.05) is 12.1 Å². The zero-order chi connectivity index (χ0) is 15.8. The molecular weight excluding hydrogens is 264 g/mol. The highest BCUT2D eigenvalue weighted by Crippen LogP contribution is 2.21. The number of ether oxygens (including phenoxy) is 1. The first kappa shape index (κ1) is 17.6. The number of pyridine rings is 1. The zero-order valence-electron chi connectivity index (χ0n) is 14.0. The third-order valence-electron chi connectivity index (χ3n) is 3.26. The van der Waals surface area contributed by atoms with E-state index in [1.54, 1.807) is 0 Å². The summed E-state index contributed by atoms with van der Waals surface area (Å²) in [5.74, 6) is 1.77. The number of rotatable bonds is 9. The van der Waals surface area contributed by atoms with Gasteiger partial charge in [0.05, 0.1) is 12.3 Å². The standard InChI is InChI=1S/C16H30N4O/c1-6-20(7-2)10-13(5)18-15-9-8-14(17)16(19-15)21-11-12(3)4/h8-9,12-13H,6-7,10-11,17H2,1-5H3,(H,18,19). The highest BCUT2D eigenvalue weighted by Gasteiger charge is 2.10. The van der Waals surface area contributed by atoms with Crippen molar-refractivity contribution in [1.29, 1.82) is 0 Å². The van der Waals surface area contributed by atoms with Gasteiger partial charge in [-0.15, -0.1) is 0 Å². The van der Waals surface area contributed by atoms with Crippen LogP contribution in [0.25, 0.3) is 0 Å². The minimum Gasteiger partial charge on any atom is -0.476 e. The van der Waals surface area contributed by atoms with Crippen LogP contribution in [-0.2, 0) is 0 Å². The summed E-state index contributed by atoms with van der Waals surface area (Å²) in [7, 11) is 0. The fraction of sp³-hybridized carbons (Fsp3) is 0.688. The number of hydrogen-bond donors (Lipinski definition) is 2. The molecule has 0 aromatic carbocycles. The van der Waals surface area contributed by atoms with Crippen molar-refractivity contribution in [3.8, 4) is 5.88 Å². The number of likely N-dealkylation sites (N-methyl/N-ethyl adjacent to an activating group) is 1. The lowest BCUT2D eigenvalue weighted by Gasteiger charge is -2.24. The van der Waals surface area contributed by atoms with Crippen LogP contribution >= 0.6 is 0 Å². The van der Waals surface area contributed by atoms with E-state index < -0.39 is 0 Å². The number of nitrogens with one attached hydrogen (secondary N) is 1. The molecule has 1 aromatic rings. The highest BCUT2D eigenvalue weighted by molar-refractivity contribution is 5.53. The van der Waals surface area contributed by atoms with Gasteiger partial charge in [0.25, 0.3) is 0 Å². The first-order chi connectivity index (χ1) is 9.96. The Labute approximate surface area is 128 Å². The lowest BCUT2D eigenvalue weighted by atomic mass is 10.2. The summed E-state index contributed by atoms with van der Waals surface area (Å²) in [6.07, 6.45) is 0. The monoisotopic (exact) mass is 294 g/mol. The molecule has 120 valence electrons. The topological polar surface area (TPSA) is 63.4 Å². The predicted molar refractivity (Wildman–Crippen MR) is 89.9 cm³/mol. The van der Waals surface area contributed by atoms with Crippen LogP contribution in [0.5, 0.6) is 5.88 Å². The van der Waals surface area contributed by atoms with E-state index in [2.05, 4.69) is 49.8 Å². The van der Waals surface area contributed by atoms with Gasteiger partial charge >= 0.3 is 0 Å². The quantitative estimate of drug-likeness (QED) is 0.733. The molecule has 0 saturated heterocycles. The number of nitrogens with two attached hydrogens (primary N) is 1. The van der Waals surface area contributed by atoms with Crippen molar-refractivity contribution in [2.45, 2.75) is 40.7 Å². The Bertz CT molecular complexity index is 419.